The maximum absolute atomic E-state index is 2.30. The summed E-state index contributed by atoms with van der Waals surface area (Å²) in [7, 11) is 0. The zero-order chi connectivity index (χ0) is 17.7. The van der Waals surface area contributed by atoms with Crippen molar-refractivity contribution in [2.75, 3.05) is 0 Å². The zero-order valence-corrected chi connectivity index (χ0v) is 20.2. The van der Waals surface area contributed by atoms with Crippen molar-refractivity contribution >= 4 is 0 Å². The fraction of sp³-hybridized carbons (Fsp3) is 0.565. The van der Waals surface area contributed by atoms with Crippen LogP contribution in [0.1, 0.15) is 68.9 Å². The fourth-order valence-corrected chi connectivity index (χ4v) is 3.19. The van der Waals surface area contributed by atoms with Crippen molar-refractivity contribution < 1.29 is 43.1 Å². The number of nitrogens with zero attached hydrogens (tertiary/aromatic N) is 2. The van der Waals surface area contributed by atoms with Gasteiger partial charge in [0.2, 0.25) is 0 Å². The molecule has 2 rings (SSSR count). The van der Waals surface area contributed by atoms with E-state index in [1.807, 2.05) is 0 Å². The van der Waals surface area contributed by atoms with Crippen molar-refractivity contribution in [1.82, 2.24) is 0 Å². The lowest BCUT2D eigenvalue weighted by Gasteiger charge is -2.02. The third-order valence-corrected chi connectivity index (χ3v) is 4.95. The van der Waals surface area contributed by atoms with Crippen LogP contribution in [0.5, 0.6) is 0 Å². The predicted octanol–water partition coefficient (Wildman–Crippen LogP) is -0.902. The number of halogens is 2. The van der Waals surface area contributed by atoms with Crippen LogP contribution >= 0.6 is 0 Å². The second-order valence-corrected chi connectivity index (χ2v) is 7.41. The van der Waals surface area contributed by atoms with Gasteiger partial charge in [-0.15, -0.1) is 0 Å². The third kappa shape index (κ3) is 12.4. The van der Waals surface area contributed by atoms with Crippen LogP contribution in [0.2, 0.25) is 0 Å². The summed E-state index contributed by atoms with van der Waals surface area (Å²) in [5, 5.41) is 0. The molecule has 0 saturated heterocycles. The van der Waals surface area contributed by atoms with Crippen molar-refractivity contribution in [3.05, 3.63) is 60.2 Å². The van der Waals surface area contributed by atoms with Crippen LogP contribution in [0.25, 0.3) is 0 Å². The number of hydrogen-bond acceptors (Lipinski definition) is 0. The van der Waals surface area contributed by atoms with Gasteiger partial charge in [-0.1, -0.05) is 32.1 Å². The van der Waals surface area contributed by atoms with E-state index in [1.54, 1.807) is 0 Å². The van der Waals surface area contributed by atoms with Crippen LogP contribution < -0.4 is 43.1 Å². The van der Waals surface area contributed by atoms with Crippen molar-refractivity contribution in [2.24, 2.45) is 0 Å². The second kappa shape index (κ2) is 16.2. The van der Waals surface area contributed by atoms with E-state index < -0.39 is 0 Å². The van der Waals surface area contributed by atoms with Gasteiger partial charge < -0.3 is 34.0 Å². The van der Waals surface area contributed by atoms with E-state index in [9.17, 15) is 0 Å². The summed E-state index contributed by atoms with van der Waals surface area (Å²) in [6, 6.07) is 8.77. The Labute approximate surface area is 187 Å². The highest BCUT2D eigenvalue weighted by Crippen LogP contribution is 2.09. The molecule has 0 aliphatic heterocycles. The Morgan fingerprint density at radius 2 is 0.741 bits per heavy atom. The van der Waals surface area contributed by atoms with E-state index in [-0.39, 0.29) is 34.0 Å². The van der Waals surface area contributed by atoms with Gasteiger partial charge >= 0.3 is 0 Å². The van der Waals surface area contributed by atoms with Gasteiger partial charge in [-0.2, -0.15) is 0 Å². The van der Waals surface area contributed by atoms with Crippen molar-refractivity contribution in [1.29, 1.82) is 0 Å². The topological polar surface area (TPSA) is 7.76 Å². The summed E-state index contributed by atoms with van der Waals surface area (Å²) in [6.45, 7) is 6.62. The van der Waals surface area contributed by atoms with Gasteiger partial charge in [-0.25, -0.2) is 9.13 Å². The Morgan fingerprint density at radius 3 is 1.04 bits per heavy atom. The van der Waals surface area contributed by atoms with Crippen LogP contribution in [-0.2, 0) is 13.1 Å². The summed E-state index contributed by atoms with van der Waals surface area (Å²) >= 11 is 0. The standard InChI is InChI=1S/C23H36N2.2BrH/c1-22-12-18-24(19-13-22)16-10-8-6-4-3-5-7-9-11-17-25-20-14-23(2)15-21-25;;/h12-15,18-21H,3-11,16-17H2,1-2H3;2*1H/q+2;;/p-2. The van der Waals surface area contributed by atoms with Crippen LogP contribution in [0, 0.1) is 13.8 Å². The molecule has 152 valence electrons. The molecule has 0 bridgehead atoms. The lowest BCUT2D eigenvalue weighted by atomic mass is 10.1. The van der Waals surface area contributed by atoms with Crippen LogP contribution in [-0.4, -0.2) is 0 Å². The molecule has 2 aromatic heterocycles. The molecular formula is C23H36Br2N2. The first-order valence-electron chi connectivity index (χ1n) is 10.2. The number of hydrogen-bond donors (Lipinski definition) is 0. The van der Waals surface area contributed by atoms with Crippen molar-refractivity contribution in [2.45, 2.75) is 84.7 Å². The predicted molar refractivity (Wildman–Crippen MR) is 104 cm³/mol. The van der Waals surface area contributed by atoms with E-state index in [2.05, 4.69) is 72.0 Å². The Kier molecular flexibility index (Phi) is 15.8. The molecule has 0 radical (unpaired) electrons. The highest BCUT2D eigenvalue weighted by atomic mass is 79.9. The molecule has 0 saturated carbocycles. The van der Waals surface area contributed by atoms with Gasteiger partial charge in [0.1, 0.15) is 13.1 Å². The fourth-order valence-electron chi connectivity index (χ4n) is 3.19. The second-order valence-electron chi connectivity index (χ2n) is 7.41. The summed E-state index contributed by atoms with van der Waals surface area (Å²) < 4.78 is 4.61. The molecular weight excluding hydrogens is 464 g/mol. The molecule has 0 amide bonds. The first kappa shape index (κ1) is 26.3. The molecule has 0 aliphatic carbocycles. The van der Waals surface area contributed by atoms with Crippen LogP contribution in [0.3, 0.4) is 0 Å². The molecule has 0 spiro atoms. The molecule has 0 atom stereocenters. The Hall–Kier alpha value is -0.740. The molecule has 2 nitrogen and oxygen atoms in total. The lowest BCUT2D eigenvalue weighted by molar-refractivity contribution is -0.697. The Morgan fingerprint density at radius 1 is 0.481 bits per heavy atom. The smallest absolute Gasteiger partial charge is 0.169 e. The number of unbranched alkanes of at least 4 members (excludes halogenated alkanes) is 8. The molecule has 0 aliphatic rings. The van der Waals surface area contributed by atoms with Gasteiger partial charge in [0, 0.05) is 37.1 Å². The first-order chi connectivity index (χ1) is 12.2. The number of pyridine rings is 2. The minimum absolute atomic E-state index is 0. The molecule has 0 N–H and O–H groups in total. The van der Waals surface area contributed by atoms with Gasteiger partial charge in [-0.05, 0) is 37.8 Å². The molecule has 2 heterocycles. The Bertz CT molecular complexity index is 529. The number of aryl methyl sites for hydroxylation is 4. The third-order valence-electron chi connectivity index (χ3n) is 4.95. The summed E-state index contributed by atoms with van der Waals surface area (Å²) in [5.41, 5.74) is 2.68. The van der Waals surface area contributed by atoms with Gasteiger partial charge in [0.05, 0.1) is 0 Å². The van der Waals surface area contributed by atoms with E-state index in [1.165, 1.54) is 68.9 Å². The summed E-state index contributed by atoms with van der Waals surface area (Å²) in [4.78, 5) is 0. The number of rotatable bonds is 12. The largest absolute Gasteiger partial charge is 1.00 e. The van der Waals surface area contributed by atoms with Crippen LogP contribution in [0.15, 0.2) is 49.1 Å². The highest BCUT2D eigenvalue weighted by molar-refractivity contribution is 5.03. The van der Waals surface area contributed by atoms with Crippen LogP contribution in [0.4, 0.5) is 0 Å². The van der Waals surface area contributed by atoms with Gasteiger partial charge in [0.25, 0.3) is 0 Å². The molecule has 2 aromatic rings. The quantitative estimate of drug-likeness (QED) is 0.264. The average molecular weight is 500 g/mol. The molecule has 0 aromatic carbocycles. The van der Waals surface area contributed by atoms with Crippen molar-refractivity contribution in [3.63, 3.8) is 0 Å². The van der Waals surface area contributed by atoms with E-state index >= 15 is 0 Å². The SMILES string of the molecule is Cc1cc[n+](CCCCCCCCCCC[n+]2ccc(C)cc2)cc1.[Br-].[Br-]. The average Bonchev–Trinajstić information content (AvgIpc) is 2.63. The number of aromatic nitrogens is 2. The monoisotopic (exact) mass is 498 g/mol. The Balaban J connectivity index is 0.00000338. The van der Waals surface area contributed by atoms with E-state index in [0.717, 1.165) is 13.1 Å². The minimum Gasteiger partial charge on any atom is -1.00 e. The van der Waals surface area contributed by atoms with E-state index in [0.29, 0.717) is 0 Å². The maximum atomic E-state index is 2.30. The summed E-state index contributed by atoms with van der Waals surface area (Å²) in [6.07, 6.45) is 21.2. The van der Waals surface area contributed by atoms with Gasteiger partial charge in [0.15, 0.2) is 24.8 Å². The van der Waals surface area contributed by atoms with E-state index in [4.69, 9.17) is 0 Å². The highest BCUT2D eigenvalue weighted by Gasteiger charge is 2.00. The summed E-state index contributed by atoms with van der Waals surface area (Å²) in [5.74, 6) is 0. The van der Waals surface area contributed by atoms with Crippen molar-refractivity contribution in [3.8, 4) is 0 Å². The first-order valence-corrected chi connectivity index (χ1v) is 10.2. The molecule has 0 fully saturated rings. The maximum Gasteiger partial charge on any atom is 0.169 e. The minimum atomic E-state index is 0. The molecule has 0 unspecified atom stereocenters. The lowest BCUT2D eigenvalue weighted by Crippen LogP contribution is -3.00. The zero-order valence-electron chi connectivity index (χ0n) is 17.0. The normalized spacial score (nSPS) is 10.1. The molecule has 4 heteroatoms. The van der Waals surface area contributed by atoms with Gasteiger partial charge in [-0.3, -0.25) is 0 Å². The molecule has 27 heavy (non-hydrogen) atoms.